The third-order valence-electron chi connectivity index (χ3n) is 6.27. The second kappa shape index (κ2) is 7.17. The van der Waals surface area contributed by atoms with Gasteiger partial charge >= 0.3 is 0 Å². The van der Waals surface area contributed by atoms with Crippen LogP contribution in [0.25, 0.3) is 17.1 Å². The van der Waals surface area contributed by atoms with E-state index in [4.69, 9.17) is 15.0 Å². The molecule has 0 radical (unpaired) electrons. The molecule has 2 heterocycles. The highest BCUT2D eigenvalue weighted by Crippen LogP contribution is 2.67. The first kappa shape index (κ1) is 20.7. The lowest BCUT2D eigenvalue weighted by Crippen LogP contribution is -2.70. The highest BCUT2D eigenvalue weighted by Gasteiger charge is 2.69. The van der Waals surface area contributed by atoms with Gasteiger partial charge in [-0.25, -0.2) is 0 Å². The van der Waals surface area contributed by atoms with Crippen molar-refractivity contribution in [1.29, 1.82) is 10.5 Å². The molecule has 3 fully saturated rings. The van der Waals surface area contributed by atoms with Crippen molar-refractivity contribution >= 4 is 45.6 Å². The molecule has 3 saturated carbocycles. The van der Waals surface area contributed by atoms with Crippen molar-refractivity contribution in [3.05, 3.63) is 38.6 Å². The Labute approximate surface area is 199 Å². The summed E-state index contributed by atoms with van der Waals surface area (Å²) in [6, 6.07) is 8.40. The van der Waals surface area contributed by atoms with E-state index in [9.17, 15) is 5.26 Å². The minimum absolute atomic E-state index is 0.0941. The average Bonchev–Trinajstić information content (AvgIpc) is 2.98. The predicted molar refractivity (Wildman–Crippen MR) is 128 cm³/mol. The summed E-state index contributed by atoms with van der Waals surface area (Å²) >= 11 is 2.22. The van der Waals surface area contributed by atoms with Gasteiger partial charge in [-0.05, 0) is 90.6 Å². The van der Waals surface area contributed by atoms with E-state index in [-0.39, 0.29) is 11.0 Å². The van der Waals surface area contributed by atoms with Crippen LogP contribution in [0.3, 0.4) is 0 Å². The fraction of sp³-hybridized carbons (Fsp3) is 0.348. The molecule has 0 saturated heterocycles. The molecule has 8 nitrogen and oxygen atoms in total. The standard InChI is InChI=1S/C23H20IN7O/c1-13-7-15(5-4-6-25)8-14(2)17(13)32-20-16-18(24)31(3)30-19(16)27-21(28-20)29-23-9-22(10-23,11-23)12-26/h4-5,7-8H,9-11H2,1-3H3,(H,27,29,30)/b5-4+. The normalized spacial score (nSPS) is 23.3. The Hall–Kier alpha value is -3.18. The molecule has 3 aliphatic rings. The third-order valence-corrected chi connectivity index (χ3v) is 7.51. The van der Waals surface area contributed by atoms with Crippen LogP contribution in [0.4, 0.5) is 5.95 Å². The van der Waals surface area contributed by atoms with Gasteiger partial charge in [0.05, 0.1) is 17.6 Å². The summed E-state index contributed by atoms with van der Waals surface area (Å²) < 4.78 is 9.02. The van der Waals surface area contributed by atoms with Crippen molar-refractivity contribution in [3.63, 3.8) is 0 Å². The molecule has 0 aliphatic heterocycles. The number of aryl methyl sites for hydroxylation is 3. The minimum Gasteiger partial charge on any atom is -0.437 e. The van der Waals surface area contributed by atoms with Crippen molar-refractivity contribution < 1.29 is 4.74 Å². The second-order valence-electron chi connectivity index (χ2n) is 8.84. The molecule has 0 amide bonds. The second-order valence-corrected chi connectivity index (χ2v) is 9.86. The summed E-state index contributed by atoms with van der Waals surface area (Å²) in [6.07, 6.45) is 5.70. The van der Waals surface area contributed by atoms with E-state index in [1.165, 1.54) is 6.08 Å². The molecule has 0 atom stereocenters. The predicted octanol–water partition coefficient (Wildman–Crippen LogP) is 4.77. The summed E-state index contributed by atoms with van der Waals surface area (Å²) in [5, 5.41) is 26.8. The van der Waals surface area contributed by atoms with Crippen LogP contribution < -0.4 is 10.1 Å². The van der Waals surface area contributed by atoms with E-state index in [2.05, 4.69) is 44.1 Å². The first-order chi connectivity index (χ1) is 15.3. The number of benzene rings is 1. The van der Waals surface area contributed by atoms with Crippen LogP contribution in [0.15, 0.2) is 18.2 Å². The van der Waals surface area contributed by atoms with Gasteiger partial charge in [-0.1, -0.05) is 0 Å². The van der Waals surface area contributed by atoms with Gasteiger partial charge in [0, 0.05) is 18.7 Å². The van der Waals surface area contributed by atoms with E-state index in [0.29, 0.717) is 17.5 Å². The quantitative estimate of drug-likeness (QED) is 0.369. The monoisotopic (exact) mass is 537 g/mol. The van der Waals surface area contributed by atoms with Crippen molar-refractivity contribution in [3.8, 4) is 23.8 Å². The zero-order chi connectivity index (χ0) is 22.7. The van der Waals surface area contributed by atoms with Crippen molar-refractivity contribution in [2.24, 2.45) is 12.5 Å². The molecule has 32 heavy (non-hydrogen) atoms. The molecule has 2 aromatic heterocycles. The van der Waals surface area contributed by atoms with Crippen LogP contribution >= 0.6 is 22.6 Å². The van der Waals surface area contributed by atoms with Crippen LogP contribution in [-0.4, -0.2) is 25.3 Å². The number of aromatic nitrogens is 4. The summed E-state index contributed by atoms with van der Waals surface area (Å²) in [5.41, 5.74) is 3.14. The number of allylic oxidation sites excluding steroid dienone is 1. The Morgan fingerprint density at radius 3 is 2.50 bits per heavy atom. The molecule has 1 aromatic carbocycles. The fourth-order valence-electron chi connectivity index (χ4n) is 4.91. The molecular formula is C23H20IN7O. The third kappa shape index (κ3) is 3.19. The summed E-state index contributed by atoms with van der Waals surface area (Å²) in [6.45, 7) is 3.95. The van der Waals surface area contributed by atoms with Crippen LogP contribution in [0.2, 0.25) is 0 Å². The molecule has 6 rings (SSSR count). The van der Waals surface area contributed by atoms with Gasteiger partial charge in [-0.3, -0.25) is 4.68 Å². The highest BCUT2D eigenvalue weighted by atomic mass is 127. The van der Waals surface area contributed by atoms with E-state index >= 15 is 0 Å². The first-order valence-electron chi connectivity index (χ1n) is 10.2. The molecule has 2 bridgehead atoms. The lowest BCUT2D eigenvalue weighted by molar-refractivity contribution is -0.0665. The first-order valence-corrected chi connectivity index (χ1v) is 11.3. The number of halogens is 1. The van der Waals surface area contributed by atoms with E-state index in [1.54, 1.807) is 10.8 Å². The maximum atomic E-state index is 9.30. The largest absolute Gasteiger partial charge is 0.437 e. The van der Waals surface area contributed by atoms with Crippen LogP contribution in [0, 0.1) is 45.6 Å². The van der Waals surface area contributed by atoms with Gasteiger partial charge < -0.3 is 10.1 Å². The van der Waals surface area contributed by atoms with Crippen molar-refractivity contribution in [2.75, 3.05) is 5.32 Å². The van der Waals surface area contributed by atoms with E-state index in [1.807, 2.05) is 39.1 Å². The number of rotatable bonds is 5. The Kier molecular flexibility index (Phi) is 4.64. The van der Waals surface area contributed by atoms with Crippen LogP contribution in [0.5, 0.6) is 11.6 Å². The van der Waals surface area contributed by atoms with Crippen LogP contribution in [0.1, 0.15) is 36.0 Å². The number of anilines is 1. The number of nitrogens with one attached hydrogen (secondary N) is 1. The van der Waals surface area contributed by atoms with Crippen molar-refractivity contribution in [2.45, 2.75) is 38.6 Å². The maximum Gasteiger partial charge on any atom is 0.236 e. The van der Waals surface area contributed by atoms with E-state index in [0.717, 1.165) is 50.8 Å². The molecule has 9 heteroatoms. The Morgan fingerprint density at radius 2 is 1.88 bits per heavy atom. The average molecular weight is 537 g/mol. The van der Waals surface area contributed by atoms with E-state index < -0.39 is 0 Å². The minimum atomic E-state index is -0.160. The van der Waals surface area contributed by atoms with Gasteiger partial charge in [0.1, 0.15) is 14.8 Å². The lowest BCUT2D eigenvalue weighted by atomic mass is 9.40. The molecule has 3 aromatic rings. The topological polar surface area (TPSA) is 112 Å². The van der Waals surface area contributed by atoms with Gasteiger partial charge in [0.15, 0.2) is 5.65 Å². The SMILES string of the molecule is Cc1cc(/C=C/C#N)cc(C)c1Oc1nc(NC23CC(C#N)(C2)C3)nc2nn(C)c(I)c12. The highest BCUT2D eigenvalue weighted by molar-refractivity contribution is 14.1. The molecule has 3 aliphatic carbocycles. The maximum absolute atomic E-state index is 9.30. The smallest absolute Gasteiger partial charge is 0.236 e. The molecule has 160 valence electrons. The fourth-order valence-corrected chi connectivity index (χ4v) is 5.49. The molecule has 0 unspecified atom stereocenters. The number of hydrogen-bond donors (Lipinski definition) is 1. The van der Waals surface area contributed by atoms with Gasteiger partial charge in [0.2, 0.25) is 11.8 Å². The molecular weight excluding hydrogens is 517 g/mol. The Balaban J connectivity index is 1.53. The summed E-state index contributed by atoms with van der Waals surface area (Å²) in [7, 11) is 1.87. The number of hydrogen-bond acceptors (Lipinski definition) is 7. The Bertz CT molecular complexity index is 1350. The number of nitriles is 2. The number of fused-ring (bicyclic) bond motifs is 1. The molecule has 1 N–H and O–H groups in total. The zero-order valence-electron chi connectivity index (χ0n) is 17.9. The van der Waals surface area contributed by atoms with Crippen LogP contribution in [-0.2, 0) is 7.05 Å². The number of nitrogens with zero attached hydrogens (tertiary/aromatic N) is 6. The zero-order valence-corrected chi connectivity index (χ0v) is 20.1. The van der Waals surface area contributed by atoms with Crippen molar-refractivity contribution in [1.82, 2.24) is 19.7 Å². The van der Waals surface area contributed by atoms with Gasteiger partial charge in [0.25, 0.3) is 0 Å². The lowest BCUT2D eigenvalue weighted by Gasteiger charge is -2.66. The summed E-state index contributed by atoms with van der Waals surface area (Å²) in [4.78, 5) is 9.35. The number of ether oxygens (including phenoxy) is 1. The van der Waals surface area contributed by atoms with Gasteiger partial charge in [-0.15, -0.1) is 0 Å². The molecule has 0 spiro atoms. The summed E-state index contributed by atoms with van der Waals surface area (Å²) in [5.74, 6) is 1.64. The van der Waals surface area contributed by atoms with Gasteiger partial charge in [-0.2, -0.15) is 25.6 Å². The Morgan fingerprint density at radius 1 is 1.19 bits per heavy atom.